The Kier molecular flexibility index (Phi) is 8.69. The smallest absolute Gasteiger partial charge is 0.0900 e. The van der Waals surface area contributed by atoms with Gasteiger partial charge >= 0.3 is 0 Å². The van der Waals surface area contributed by atoms with Crippen molar-refractivity contribution < 1.29 is 9.84 Å². The molecule has 0 radical (unpaired) electrons. The zero-order valence-corrected chi connectivity index (χ0v) is 14.9. The maximum atomic E-state index is 10.2. The van der Waals surface area contributed by atoms with Crippen molar-refractivity contribution in [2.24, 2.45) is 5.92 Å². The first-order chi connectivity index (χ1) is 10.4. The predicted molar refractivity (Wildman–Crippen MR) is 93.0 cm³/mol. The Morgan fingerprint density at radius 2 is 1.91 bits per heavy atom. The minimum absolute atomic E-state index is 0.163. The summed E-state index contributed by atoms with van der Waals surface area (Å²) < 4.78 is 5.52. The molecular formula is C19H33NO2. The lowest BCUT2D eigenvalue weighted by Gasteiger charge is -2.26. The molecule has 22 heavy (non-hydrogen) atoms. The minimum Gasteiger partial charge on any atom is -0.389 e. The zero-order chi connectivity index (χ0) is 16.5. The van der Waals surface area contributed by atoms with E-state index >= 15 is 0 Å². The first kappa shape index (κ1) is 19.1. The normalized spacial score (nSPS) is 13.3. The van der Waals surface area contributed by atoms with Gasteiger partial charge in [-0.15, -0.1) is 0 Å². The largest absolute Gasteiger partial charge is 0.389 e. The molecule has 0 aromatic heterocycles. The Morgan fingerprint density at radius 3 is 2.50 bits per heavy atom. The Hall–Kier alpha value is -0.900. The quantitative estimate of drug-likeness (QED) is 0.716. The van der Waals surface area contributed by atoms with E-state index in [9.17, 15) is 5.11 Å². The number of hydrogen-bond acceptors (Lipinski definition) is 3. The van der Waals surface area contributed by atoms with Gasteiger partial charge in [0.1, 0.15) is 0 Å². The van der Waals surface area contributed by atoms with Crippen LogP contribution in [0, 0.1) is 12.8 Å². The second-order valence-electron chi connectivity index (χ2n) is 6.94. The van der Waals surface area contributed by atoms with Crippen molar-refractivity contribution in [1.29, 1.82) is 0 Å². The van der Waals surface area contributed by atoms with Gasteiger partial charge in [-0.2, -0.15) is 0 Å². The average Bonchev–Trinajstić information content (AvgIpc) is 2.42. The highest BCUT2D eigenvalue weighted by Gasteiger charge is 2.14. The summed E-state index contributed by atoms with van der Waals surface area (Å²) in [5.41, 5.74) is 2.59. The van der Waals surface area contributed by atoms with Crippen molar-refractivity contribution in [3.05, 3.63) is 35.4 Å². The van der Waals surface area contributed by atoms with Gasteiger partial charge in [-0.3, -0.25) is 4.90 Å². The topological polar surface area (TPSA) is 32.7 Å². The fourth-order valence-electron chi connectivity index (χ4n) is 2.40. The fraction of sp³-hybridized carbons (Fsp3) is 0.684. The van der Waals surface area contributed by atoms with E-state index in [0.717, 1.165) is 19.5 Å². The third kappa shape index (κ3) is 8.52. The van der Waals surface area contributed by atoms with Crippen molar-refractivity contribution in [3.8, 4) is 0 Å². The number of aliphatic hydroxyl groups excluding tert-OH is 1. The summed E-state index contributed by atoms with van der Waals surface area (Å²) in [5.74, 6) is 0.670. The number of hydrogen-bond donors (Lipinski definition) is 1. The summed E-state index contributed by atoms with van der Waals surface area (Å²) in [6.45, 7) is 13.5. The van der Waals surface area contributed by atoms with Crippen LogP contribution in [0.2, 0.25) is 0 Å². The molecule has 0 spiro atoms. The molecule has 3 heteroatoms. The van der Waals surface area contributed by atoms with E-state index in [-0.39, 0.29) is 6.10 Å². The maximum absolute atomic E-state index is 10.2. The monoisotopic (exact) mass is 307 g/mol. The van der Waals surface area contributed by atoms with Crippen LogP contribution in [0.25, 0.3) is 0 Å². The molecule has 0 bridgehead atoms. The van der Waals surface area contributed by atoms with Crippen LogP contribution in [0.5, 0.6) is 0 Å². The number of aryl methyl sites for hydroxylation is 1. The molecule has 0 heterocycles. The minimum atomic E-state index is -0.431. The van der Waals surface area contributed by atoms with Crippen LogP contribution in [0.15, 0.2) is 24.3 Å². The molecule has 0 saturated heterocycles. The van der Waals surface area contributed by atoms with Crippen LogP contribution in [0.4, 0.5) is 0 Å². The van der Waals surface area contributed by atoms with E-state index in [1.54, 1.807) is 0 Å². The van der Waals surface area contributed by atoms with E-state index < -0.39 is 6.10 Å². The summed E-state index contributed by atoms with van der Waals surface area (Å²) in [4.78, 5) is 2.34. The van der Waals surface area contributed by atoms with Crippen LogP contribution in [-0.4, -0.2) is 41.9 Å². The van der Waals surface area contributed by atoms with Crippen LogP contribution in [-0.2, 0) is 11.3 Å². The molecule has 1 N–H and O–H groups in total. The molecule has 1 aromatic rings. The number of aliphatic hydroxyl groups is 1. The van der Waals surface area contributed by atoms with E-state index in [1.807, 2.05) is 13.8 Å². The molecule has 0 aliphatic heterocycles. The van der Waals surface area contributed by atoms with Crippen molar-refractivity contribution in [3.63, 3.8) is 0 Å². The highest BCUT2D eigenvalue weighted by molar-refractivity contribution is 5.22. The Balaban J connectivity index is 2.58. The summed E-state index contributed by atoms with van der Waals surface area (Å²) >= 11 is 0. The van der Waals surface area contributed by atoms with E-state index in [2.05, 4.69) is 49.9 Å². The second-order valence-corrected chi connectivity index (χ2v) is 6.94. The highest BCUT2D eigenvalue weighted by atomic mass is 16.5. The van der Waals surface area contributed by atoms with E-state index in [0.29, 0.717) is 19.1 Å². The first-order valence-electron chi connectivity index (χ1n) is 8.44. The molecule has 0 fully saturated rings. The lowest BCUT2D eigenvalue weighted by Crippen LogP contribution is -2.36. The molecule has 0 aliphatic carbocycles. The average molecular weight is 307 g/mol. The summed E-state index contributed by atoms with van der Waals surface area (Å²) in [5, 5.41) is 10.2. The van der Waals surface area contributed by atoms with Gasteiger partial charge in [0.2, 0.25) is 0 Å². The van der Waals surface area contributed by atoms with Crippen molar-refractivity contribution >= 4 is 0 Å². The second kappa shape index (κ2) is 9.98. The Bertz CT molecular complexity index is 418. The van der Waals surface area contributed by atoms with Crippen molar-refractivity contribution in [1.82, 2.24) is 4.90 Å². The molecule has 126 valence electrons. The number of nitrogens with zero attached hydrogens (tertiary/aromatic N) is 1. The zero-order valence-electron chi connectivity index (χ0n) is 14.9. The van der Waals surface area contributed by atoms with Gasteiger partial charge in [0, 0.05) is 13.1 Å². The standard InChI is InChI=1S/C19H33NO2/c1-15(2)9-10-20(13-19(21)14-22-16(3)4)12-18-8-6-7-17(5)11-18/h6-8,11,15-16,19,21H,9-10,12-14H2,1-5H3/t19-/m1/s1. The highest BCUT2D eigenvalue weighted by Crippen LogP contribution is 2.11. The molecule has 1 aromatic carbocycles. The van der Waals surface area contributed by atoms with Gasteiger partial charge in [-0.25, -0.2) is 0 Å². The van der Waals surface area contributed by atoms with Crippen LogP contribution in [0.3, 0.4) is 0 Å². The van der Waals surface area contributed by atoms with Gasteiger partial charge in [0.15, 0.2) is 0 Å². The van der Waals surface area contributed by atoms with Crippen LogP contribution >= 0.6 is 0 Å². The molecule has 0 saturated carbocycles. The van der Waals surface area contributed by atoms with Gasteiger partial charge in [0.25, 0.3) is 0 Å². The van der Waals surface area contributed by atoms with Crippen LogP contribution in [0.1, 0.15) is 45.2 Å². The molecule has 1 rings (SSSR count). The van der Waals surface area contributed by atoms with E-state index in [4.69, 9.17) is 4.74 Å². The molecular weight excluding hydrogens is 274 g/mol. The molecule has 1 atom stereocenters. The number of rotatable bonds is 10. The number of benzene rings is 1. The molecule has 0 unspecified atom stereocenters. The van der Waals surface area contributed by atoms with Gasteiger partial charge < -0.3 is 9.84 Å². The fourth-order valence-corrected chi connectivity index (χ4v) is 2.40. The Labute approximate surface area is 136 Å². The maximum Gasteiger partial charge on any atom is 0.0900 e. The molecule has 0 aliphatic rings. The molecule has 3 nitrogen and oxygen atoms in total. The van der Waals surface area contributed by atoms with Gasteiger partial charge in [-0.05, 0) is 45.2 Å². The predicted octanol–water partition coefficient (Wildman–Crippen LogP) is 3.63. The first-order valence-corrected chi connectivity index (χ1v) is 8.44. The van der Waals surface area contributed by atoms with Crippen molar-refractivity contribution in [2.45, 2.75) is 59.8 Å². The molecule has 0 amide bonds. The van der Waals surface area contributed by atoms with Gasteiger partial charge in [0.05, 0.1) is 18.8 Å². The lowest BCUT2D eigenvalue weighted by atomic mass is 10.1. The van der Waals surface area contributed by atoms with E-state index in [1.165, 1.54) is 11.1 Å². The SMILES string of the molecule is Cc1cccc(CN(CCC(C)C)C[C@@H](O)COC(C)C)c1. The summed E-state index contributed by atoms with van der Waals surface area (Å²) in [6.07, 6.45) is 0.874. The number of ether oxygens (including phenoxy) is 1. The summed E-state index contributed by atoms with van der Waals surface area (Å²) in [6, 6.07) is 8.60. The summed E-state index contributed by atoms with van der Waals surface area (Å²) in [7, 11) is 0. The van der Waals surface area contributed by atoms with Crippen LogP contribution < -0.4 is 0 Å². The third-order valence-electron chi connectivity index (χ3n) is 3.60. The van der Waals surface area contributed by atoms with Gasteiger partial charge in [-0.1, -0.05) is 43.7 Å². The third-order valence-corrected chi connectivity index (χ3v) is 3.60. The van der Waals surface area contributed by atoms with Crippen molar-refractivity contribution in [2.75, 3.05) is 19.7 Å². The lowest BCUT2D eigenvalue weighted by molar-refractivity contribution is -0.00997. The Morgan fingerprint density at radius 1 is 1.18 bits per heavy atom.